The summed E-state index contributed by atoms with van der Waals surface area (Å²) in [6, 6.07) is 33.6. The SMILES string of the molecule is CC(=O)NS(=O)(=O)c1ccc(C2=C3C=CC(=N3)C(c3ccc(S(=O)(=O)NC(C)=O)cc3)=c3ccc([nH]3)=C(c3ccc(S(=O)(=O)NC(C)=O)cc3)c3ccc([n-]3)C(c3ccc(S(=O)(=O)NC(C)=O)cc3)c3ccc2[n-]3)cc1.[Ni+2]. The van der Waals surface area contributed by atoms with Crippen LogP contribution in [0.25, 0.3) is 16.7 Å². The number of aliphatic imine (C=N–C) groups is 1. The fourth-order valence-corrected chi connectivity index (χ4v) is 12.7. The molecular formula is C52H42N8NiO12S4. The summed E-state index contributed by atoms with van der Waals surface area (Å²) in [5.41, 5.74) is 5.68. The van der Waals surface area contributed by atoms with Crippen molar-refractivity contribution < 1.29 is 69.3 Å². The number of nitrogens with zero attached hydrogens (tertiary/aromatic N) is 3. The van der Waals surface area contributed by atoms with E-state index in [-0.39, 0.29) is 36.1 Å². The number of fused-ring (bicyclic) bond motifs is 7. The van der Waals surface area contributed by atoms with Gasteiger partial charge in [-0.1, -0.05) is 72.8 Å². The van der Waals surface area contributed by atoms with Crippen LogP contribution in [0.15, 0.2) is 176 Å². The van der Waals surface area contributed by atoms with Crippen LogP contribution in [0.4, 0.5) is 0 Å². The zero-order valence-electron chi connectivity index (χ0n) is 40.6. The zero-order valence-corrected chi connectivity index (χ0v) is 44.9. The van der Waals surface area contributed by atoms with E-state index >= 15 is 0 Å². The zero-order chi connectivity index (χ0) is 54.5. The Morgan fingerprint density at radius 3 is 1.16 bits per heavy atom. The summed E-state index contributed by atoms with van der Waals surface area (Å²) in [6.45, 7) is 4.30. The molecule has 2 aliphatic heterocycles. The number of amides is 4. The molecule has 1 atom stereocenters. The van der Waals surface area contributed by atoms with Gasteiger partial charge in [0.1, 0.15) is 0 Å². The summed E-state index contributed by atoms with van der Waals surface area (Å²) in [5.74, 6) is -3.93. The minimum absolute atomic E-state index is 0. The average Bonchev–Trinajstić information content (AvgIpc) is 4.19. The number of carbonyl (C=O) groups is 4. The topological polar surface area (TPSA) is 309 Å². The first-order chi connectivity index (χ1) is 35.9. The van der Waals surface area contributed by atoms with Crippen LogP contribution in [0.2, 0.25) is 0 Å². The van der Waals surface area contributed by atoms with Gasteiger partial charge in [-0.3, -0.25) is 19.2 Å². The maximum Gasteiger partial charge on any atom is 2.00 e. The Hall–Kier alpha value is -8.22. The third kappa shape index (κ3) is 11.5. The van der Waals surface area contributed by atoms with Gasteiger partial charge in [0.15, 0.2) is 0 Å². The minimum Gasteiger partial charge on any atom is -0.660 e. The van der Waals surface area contributed by atoms with Crippen molar-refractivity contribution in [3.63, 3.8) is 0 Å². The monoisotopic (exact) mass is 1160 g/mol. The molecule has 9 rings (SSSR count). The van der Waals surface area contributed by atoms with E-state index in [2.05, 4.69) is 4.98 Å². The molecule has 77 heavy (non-hydrogen) atoms. The van der Waals surface area contributed by atoms with Crippen LogP contribution in [0, 0.1) is 0 Å². The number of rotatable bonds is 12. The molecular weight excluding hydrogens is 1120 g/mol. The van der Waals surface area contributed by atoms with Crippen LogP contribution in [-0.4, -0.2) is 68.0 Å². The first kappa shape index (κ1) is 55.0. The predicted octanol–water partition coefficient (Wildman–Crippen LogP) is 2.64. The summed E-state index contributed by atoms with van der Waals surface area (Å²) in [4.78, 5) is 65.4. The van der Waals surface area contributed by atoms with Crippen molar-refractivity contribution in [1.29, 1.82) is 0 Å². The molecule has 8 bridgehead atoms. The molecule has 0 fully saturated rings. The van der Waals surface area contributed by atoms with Gasteiger partial charge < -0.3 is 15.0 Å². The number of carbonyl (C=O) groups excluding carboxylic acids is 4. The normalized spacial score (nSPS) is 14.5. The maximum absolute atomic E-state index is 13.1. The van der Waals surface area contributed by atoms with E-state index in [1.54, 1.807) is 84.9 Å². The predicted molar refractivity (Wildman–Crippen MR) is 277 cm³/mol. The Balaban J connectivity index is 0.00000784. The fourth-order valence-electron chi connectivity index (χ4n) is 8.72. The van der Waals surface area contributed by atoms with Crippen molar-refractivity contribution in [2.75, 3.05) is 0 Å². The number of aromatic amines is 1. The Labute approximate surface area is 451 Å². The van der Waals surface area contributed by atoms with Crippen LogP contribution < -0.4 is 39.6 Å². The van der Waals surface area contributed by atoms with Crippen molar-refractivity contribution in [2.45, 2.75) is 53.2 Å². The standard InChI is InChI=1S/C52H44N8O12S4.Ni/c1-29(61)57-73(65,66)37-13-5-33(6-14-37)49-41-21-23-43(53-41)50(34-7-15-38(16-8-34)74(67,68)58-30(2)62)45-25-27-47(55-45)52(36-11-19-40(20-12-36)76(71,72)60-32(4)64)48-28-26-46(56-48)51(44-24-22-42(49)54-44)35-9-17-39(18-10-35)75(69,70)59-31(3)63;/h5-28,49H,1-4H3,(H7,53,54,55,56,57,58,59,60,61,62,63,64);/q;+2/p-2. The van der Waals surface area contributed by atoms with E-state index in [0.29, 0.717) is 83.9 Å². The molecule has 0 radical (unpaired) electrons. The molecule has 25 heteroatoms. The largest absolute Gasteiger partial charge is 2.00 e. The number of sulfonamides is 4. The van der Waals surface area contributed by atoms with Crippen molar-refractivity contribution >= 4 is 86.2 Å². The molecule has 0 saturated heterocycles. The second-order valence-corrected chi connectivity index (χ2v) is 24.1. The third-order valence-electron chi connectivity index (χ3n) is 11.8. The van der Waals surface area contributed by atoms with Gasteiger partial charge in [0.25, 0.3) is 40.1 Å². The van der Waals surface area contributed by atoms with Crippen LogP contribution in [0.1, 0.15) is 78.6 Å². The van der Waals surface area contributed by atoms with E-state index in [1.165, 1.54) is 60.7 Å². The van der Waals surface area contributed by atoms with Gasteiger partial charge in [-0.25, -0.2) is 57.6 Å². The van der Waals surface area contributed by atoms with Gasteiger partial charge in [0, 0.05) is 44.0 Å². The number of nitrogens with one attached hydrogen (secondary N) is 5. The van der Waals surface area contributed by atoms with E-state index in [9.17, 15) is 52.8 Å². The van der Waals surface area contributed by atoms with Gasteiger partial charge in [0.05, 0.1) is 31.0 Å². The molecule has 4 aromatic carbocycles. The summed E-state index contributed by atoms with van der Waals surface area (Å²) in [7, 11) is -16.9. The molecule has 5 heterocycles. The van der Waals surface area contributed by atoms with Crippen molar-refractivity contribution in [3.05, 3.63) is 207 Å². The first-order valence-electron chi connectivity index (χ1n) is 22.7. The van der Waals surface area contributed by atoms with Gasteiger partial charge in [-0.15, -0.1) is 22.8 Å². The Kier molecular flexibility index (Phi) is 15.1. The van der Waals surface area contributed by atoms with Gasteiger partial charge >= 0.3 is 16.5 Å². The van der Waals surface area contributed by atoms with Gasteiger partial charge in [0.2, 0.25) is 23.6 Å². The van der Waals surface area contributed by atoms with E-state index in [1.807, 2.05) is 18.9 Å². The number of allylic oxidation sites excluding steroid dienone is 2. The molecule has 396 valence electrons. The Bertz CT molecular complexity index is 4280. The van der Waals surface area contributed by atoms with Crippen LogP contribution in [0.3, 0.4) is 0 Å². The Morgan fingerprint density at radius 1 is 0.429 bits per heavy atom. The quantitative estimate of drug-likeness (QED) is 0.110. The molecule has 1 unspecified atom stereocenters. The molecule has 0 saturated carbocycles. The van der Waals surface area contributed by atoms with Crippen molar-refractivity contribution in [3.8, 4) is 0 Å². The number of hydrogen-bond donors (Lipinski definition) is 5. The summed E-state index contributed by atoms with van der Waals surface area (Å²) >= 11 is 0. The van der Waals surface area contributed by atoms with Crippen molar-refractivity contribution in [1.82, 2.24) is 33.8 Å². The van der Waals surface area contributed by atoms with Crippen LogP contribution >= 0.6 is 0 Å². The van der Waals surface area contributed by atoms with Gasteiger partial charge in [-0.2, -0.15) is 0 Å². The number of hydrogen-bond acceptors (Lipinski definition) is 13. The molecule has 0 spiro atoms. The number of H-pyrrole nitrogens is 1. The van der Waals surface area contributed by atoms with Crippen LogP contribution in [0.5, 0.6) is 0 Å². The summed E-state index contributed by atoms with van der Waals surface area (Å²) in [5, 5.41) is 0.936. The van der Waals surface area contributed by atoms with Gasteiger partial charge in [-0.05, 0) is 112 Å². The van der Waals surface area contributed by atoms with Crippen LogP contribution in [-0.2, 0) is 75.8 Å². The molecule has 7 aromatic rings. The summed E-state index contributed by atoms with van der Waals surface area (Å²) in [6.07, 6.45) is 3.45. The van der Waals surface area contributed by atoms with E-state index in [0.717, 1.165) is 27.7 Å². The smallest absolute Gasteiger partial charge is 0.660 e. The molecule has 20 nitrogen and oxygen atoms in total. The molecule has 5 N–H and O–H groups in total. The molecule has 3 aromatic heterocycles. The second kappa shape index (κ2) is 21.1. The summed E-state index contributed by atoms with van der Waals surface area (Å²) < 4.78 is 112. The second-order valence-electron chi connectivity index (χ2n) is 17.4. The molecule has 0 aliphatic carbocycles. The first-order valence-corrected chi connectivity index (χ1v) is 28.6. The fraction of sp³-hybridized carbons (Fsp3) is 0.0962. The number of aromatic nitrogens is 3. The molecule has 2 aliphatic rings. The minimum atomic E-state index is -4.24. The average molecular weight is 1160 g/mol. The molecule has 4 amide bonds. The van der Waals surface area contributed by atoms with Crippen molar-refractivity contribution in [2.24, 2.45) is 4.99 Å². The maximum atomic E-state index is 13.1. The number of benzene rings is 4. The Morgan fingerprint density at radius 2 is 0.766 bits per heavy atom. The van der Waals surface area contributed by atoms with E-state index in [4.69, 9.17) is 15.0 Å². The third-order valence-corrected chi connectivity index (χ3v) is 17.6. The van der Waals surface area contributed by atoms with E-state index < -0.39 is 69.6 Å².